The SMILES string of the molecule is O=C(NN=Cc1cc(Cl)ccc1O)C(=O)NN=Cc1cc(Cl)ccc1O. The van der Waals surface area contributed by atoms with E-state index in [0.29, 0.717) is 10.0 Å². The molecule has 0 spiro atoms. The summed E-state index contributed by atoms with van der Waals surface area (Å²) >= 11 is 11.5. The number of hydrogen-bond acceptors (Lipinski definition) is 6. The smallest absolute Gasteiger partial charge is 0.331 e. The topological polar surface area (TPSA) is 123 Å². The number of hydrogen-bond donors (Lipinski definition) is 4. The van der Waals surface area contributed by atoms with Crippen LogP contribution in [0, 0.1) is 0 Å². The average Bonchev–Trinajstić information content (AvgIpc) is 2.60. The van der Waals surface area contributed by atoms with Gasteiger partial charge in [0, 0.05) is 21.2 Å². The van der Waals surface area contributed by atoms with Gasteiger partial charge in [-0.2, -0.15) is 10.2 Å². The number of carbonyl (C=O) groups excluding carboxylic acids is 2. The van der Waals surface area contributed by atoms with Gasteiger partial charge in [-0.15, -0.1) is 0 Å². The molecule has 0 saturated heterocycles. The summed E-state index contributed by atoms with van der Waals surface area (Å²) in [7, 11) is 0. The number of aromatic hydroxyl groups is 2. The maximum atomic E-state index is 11.6. The molecular weight excluding hydrogens is 383 g/mol. The van der Waals surface area contributed by atoms with Crippen LogP contribution < -0.4 is 10.9 Å². The van der Waals surface area contributed by atoms with Crippen molar-refractivity contribution in [1.29, 1.82) is 0 Å². The van der Waals surface area contributed by atoms with E-state index in [9.17, 15) is 19.8 Å². The van der Waals surface area contributed by atoms with E-state index < -0.39 is 11.8 Å². The van der Waals surface area contributed by atoms with E-state index in [4.69, 9.17) is 23.2 Å². The maximum absolute atomic E-state index is 11.6. The Bertz CT molecular complexity index is 826. The van der Waals surface area contributed by atoms with Crippen LogP contribution in [0.1, 0.15) is 11.1 Å². The van der Waals surface area contributed by atoms with Gasteiger partial charge in [-0.1, -0.05) is 23.2 Å². The Hall–Kier alpha value is -3.10. The van der Waals surface area contributed by atoms with Crippen molar-refractivity contribution in [2.75, 3.05) is 0 Å². The molecule has 0 fully saturated rings. The zero-order valence-electron chi connectivity index (χ0n) is 13.0. The number of phenolic OH excluding ortho intramolecular Hbond substituents is 2. The van der Waals surface area contributed by atoms with E-state index in [2.05, 4.69) is 10.2 Å². The minimum absolute atomic E-state index is 0.0946. The van der Waals surface area contributed by atoms with Gasteiger partial charge >= 0.3 is 11.8 Å². The molecule has 0 unspecified atom stereocenters. The van der Waals surface area contributed by atoms with Gasteiger partial charge in [0.25, 0.3) is 0 Å². The molecular formula is C16H12Cl2N4O4. The molecule has 26 heavy (non-hydrogen) atoms. The number of nitrogens with zero attached hydrogens (tertiary/aromatic N) is 2. The van der Waals surface area contributed by atoms with E-state index in [1.807, 2.05) is 10.9 Å². The Kier molecular flexibility index (Phi) is 6.54. The highest BCUT2D eigenvalue weighted by atomic mass is 35.5. The van der Waals surface area contributed by atoms with Gasteiger partial charge in [0.1, 0.15) is 11.5 Å². The first kappa shape index (κ1) is 19.2. The van der Waals surface area contributed by atoms with Crippen LogP contribution >= 0.6 is 23.2 Å². The normalized spacial score (nSPS) is 11.0. The van der Waals surface area contributed by atoms with Crippen molar-refractivity contribution in [1.82, 2.24) is 10.9 Å². The first-order valence-electron chi connectivity index (χ1n) is 7.00. The van der Waals surface area contributed by atoms with Crippen molar-refractivity contribution in [3.05, 3.63) is 57.6 Å². The van der Waals surface area contributed by atoms with Crippen molar-refractivity contribution < 1.29 is 19.8 Å². The Morgan fingerprint density at radius 3 is 1.58 bits per heavy atom. The monoisotopic (exact) mass is 394 g/mol. The van der Waals surface area contributed by atoms with Gasteiger partial charge < -0.3 is 10.2 Å². The van der Waals surface area contributed by atoms with Crippen LogP contribution in [0.4, 0.5) is 0 Å². The number of phenols is 2. The van der Waals surface area contributed by atoms with Gasteiger partial charge in [-0.25, -0.2) is 10.9 Å². The molecule has 0 bridgehead atoms. The first-order chi connectivity index (χ1) is 12.4. The van der Waals surface area contributed by atoms with E-state index in [-0.39, 0.29) is 22.6 Å². The number of nitrogens with one attached hydrogen (secondary N) is 2. The molecule has 10 heteroatoms. The van der Waals surface area contributed by atoms with E-state index in [1.54, 1.807) is 0 Å². The van der Waals surface area contributed by atoms with E-state index in [1.165, 1.54) is 36.4 Å². The molecule has 0 aliphatic rings. The quantitative estimate of drug-likeness (QED) is 0.359. The molecule has 8 nitrogen and oxygen atoms in total. The molecule has 2 amide bonds. The van der Waals surface area contributed by atoms with E-state index in [0.717, 1.165) is 12.4 Å². The number of amides is 2. The molecule has 2 rings (SSSR count). The molecule has 0 saturated carbocycles. The Morgan fingerprint density at radius 1 is 0.808 bits per heavy atom. The summed E-state index contributed by atoms with van der Waals surface area (Å²) < 4.78 is 0. The van der Waals surface area contributed by atoms with E-state index >= 15 is 0 Å². The van der Waals surface area contributed by atoms with Gasteiger partial charge in [0.05, 0.1) is 12.4 Å². The molecule has 0 aromatic heterocycles. The Balaban J connectivity index is 1.90. The summed E-state index contributed by atoms with van der Waals surface area (Å²) in [5.41, 5.74) is 4.45. The fraction of sp³-hybridized carbons (Fsp3) is 0. The molecule has 0 heterocycles. The van der Waals surface area contributed by atoms with Crippen LogP contribution in [0.3, 0.4) is 0 Å². The molecule has 134 valence electrons. The summed E-state index contributed by atoms with van der Waals surface area (Å²) in [5, 5.41) is 27.0. The second-order valence-corrected chi connectivity index (χ2v) is 5.68. The summed E-state index contributed by atoms with van der Waals surface area (Å²) in [6.07, 6.45) is 2.25. The van der Waals surface area contributed by atoms with Crippen molar-refractivity contribution in [2.24, 2.45) is 10.2 Å². The summed E-state index contributed by atoms with van der Waals surface area (Å²) in [6.45, 7) is 0. The summed E-state index contributed by atoms with van der Waals surface area (Å²) in [4.78, 5) is 23.2. The zero-order valence-corrected chi connectivity index (χ0v) is 14.5. The summed E-state index contributed by atoms with van der Waals surface area (Å²) in [5.74, 6) is -2.36. The van der Waals surface area contributed by atoms with Gasteiger partial charge in [0.15, 0.2) is 0 Å². The third-order valence-electron chi connectivity index (χ3n) is 2.92. The molecule has 2 aromatic rings. The van der Waals surface area contributed by atoms with Crippen molar-refractivity contribution in [2.45, 2.75) is 0 Å². The van der Waals surface area contributed by atoms with Gasteiger partial charge in [-0.3, -0.25) is 9.59 Å². The lowest BCUT2D eigenvalue weighted by Crippen LogP contribution is -2.35. The number of carbonyl (C=O) groups is 2. The first-order valence-corrected chi connectivity index (χ1v) is 7.76. The fourth-order valence-corrected chi connectivity index (χ4v) is 2.04. The zero-order chi connectivity index (χ0) is 19.1. The second kappa shape index (κ2) is 8.84. The second-order valence-electron chi connectivity index (χ2n) is 4.80. The van der Waals surface area contributed by atoms with Crippen LogP contribution in [-0.4, -0.2) is 34.5 Å². The van der Waals surface area contributed by atoms with Crippen LogP contribution in [0.25, 0.3) is 0 Å². The molecule has 4 N–H and O–H groups in total. The lowest BCUT2D eigenvalue weighted by atomic mass is 10.2. The number of benzene rings is 2. The molecule has 0 atom stereocenters. The van der Waals surface area contributed by atoms with Crippen LogP contribution in [0.5, 0.6) is 11.5 Å². The lowest BCUT2D eigenvalue weighted by Gasteiger charge is -2.01. The molecule has 0 aliphatic carbocycles. The number of hydrazone groups is 2. The summed E-state index contributed by atoms with van der Waals surface area (Å²) in [6, 6.07) is 8.53. The number of rotatable bonds is 4. The maximum Gasteiger partial charge on any atom is 0.331 e. The third kappa shape index (κ3) is 5.47. The average molecular weight is 395 g/mol. The predicted octanol–water partition coefficient (Wildman–Crippen LogP) is 2.00. The van der Waals surface area contributed by atoms with Gasteiger partial charge in [0.2, 0.25) is 0 Å². The van der Waals surface area contributed by atoms with Crippen LogP contribution in [0.2, 0.25) is 10.0 Å². The molecule has 0 radical (unpaired) electrons. The Morgan fingerprint density at radius 2 is 1.19 bits per heavy atom. The molecule has 2 aromatic carbocycles. The lowest BCUT2D eigenvalue weighted by molar-refractivity contribution is -0.139. The fourth-order valence-electron chi connectivity index (χ4n) is 1.68. The standard InChI is InChI=1S/C16H12Cl2N4O4/c17-11-1-3-13(23)9(5-11)7-19-21-15(25)16(26)22-20-8-10-6-12(18)2-4-14(10)24/h1-8,23-24H,(H,21,25)(H,22,26). The Labute approximate surface area is 157 Å². The minimum Gasteiger partial charge on any atom is -0.507 e. The highest BCUT2D eigenvalue weighted by Crippen LogP contribution is 2.20. The minimum atomic E-state index is -1.09. The van der Waals surface area contributed by atoms with Crippen LogP contribution in [-0.2, 0) is 9.59 Å². The highest BCUT2D eigenvalue weighted by Gasteiger charge is 2.11. The predicted molar refractivity (Wildman–Crippen MR) is 97.7 cm³/mol. The third-order valence-corrected chi connectivity index (χ3v) is 3.40. The molecule has 0 aliphatic heterocycles. The van der Waals surface area contributed by atoms with Crippen molar-refractivity contribution >= 4 is 47.4 Å². The van der Waals surface area contributed by atoms with Gasteiger partial charge in [-0.05, 0) is 36.4 Å². The number of halogens is 2. The highest BCUT2D eigenvalue weighted by molar-refractivity contribution is 6.35. The largest absolute Gasteiger partial charge is 0.507 e. The van der Waals surface area contributed by atoms with Crippen molar-refractivity contribution in [3.8, 4) is 11.5 Å². The van der Waals surface area contributed by atoms with Crippen LogP contribution in [0.15, 0.2) is 46.6 Å². The van der Waals surface area contributed by atoms with Crippen molar-refractivity contribution in [3.63, 3.8) is 0 Å².